The minimum absolute atomic E-state index is 0.0757. The van der Waals surface area contributed by atoms with Gasteiger partial charge in [0.05, 0.1) is 21.3 Å². The molecule has 270 valence electrons. The number of carbonyl (C=O) groups excluding carboxylic acids is 3. The van der Waals surface area contributed by atoms with Crippen LogP contribution in [0.3, 0.4) is 0 Å². The maximum absolute atomic E-state index is 14.2. The van der Waals surface area contributed by atoms with Gasteiger partial charge in [-0.05, 0) is 86.2 Å². The van der Waals surface area contributed by atoms with Crippen molar-refractivity contribution in [3.63, 3.8) is 0 Å². The average Bonchev–Trinajstić information content (AvgIpc) is 3.19. The first-order valence-electron chi connectivity index (χ1n) is 17.0. The summed E-state index contributed by atoms with van der Waals surface area (Å²) >= 11 is 11.2. The molecule has 1 aliphatic heterocycles. The molecule has 0 atom stereocenters. The van der Waals surface area contributed by atoms with E-state index in [0.29, 0.717) is 26.5 Å². The molecule has 1 N–H and O–H groups in total. The fourth-order valence-electron chi connectivity index (χ4n) is 5.84. The first kappa shape index (κ1) is 38.3. The molecule has 0 unspecified atom stereocenters. The summed E-state index contributed by atoms with van der Waals surface area (Å²) in [5.74, 6) is -1.31. The van der Waals surface area contributed by atoms with Crippen molar-refractivity contribution in [3.8, 4) is 5.75 Å². The Labute approximate surface area is 331 Å². The largest absolute Gasteiger partial charge is 0.486 e. The number of nitrogens with zero attached hydrogens (tertiary/aromatic N) is 2. The highest BCUT2D eigenvalue weighted by molar-refractivity contribution is 9.10. The zero-order chi connectivity index (χ0) is 38.0. The van der Waals surface area contributed by atoms with Crippen LogP contribution in [0.15, 0.2) is 167 Å². The summed E-state index contributed by atoms with van der Waals surface area (Å²) in [5.41, 5.74) is 3.58. The van der Waals surface area contributed by atoms with E-state index >= 15 is 0 Å². The van der Waals surface area contributed by atoms with Crippen LogP contribution in [0.1, 0.15) is 35.2 Å². The molecule has 1 aliphatic rings. The van der Waals surface area contributed by atoms with Crippen LogP contribution in [0.2, 0.25) is 5.02 Å². The summed E-state index contributed by atoms with van der Waals surface area (Å²) in [7, 11) is 0. The van der Waals surface area contributed by atoms with Gasteiger partial charge in [0.2, 0.25) is 5.91 Å². The number of thioether (sulfide) groups is 1. The fraction of sp³-hybridized carbons (Fsp3) is 0.0909. The van der Waals surface area contributed by atoms with Gasteiger partial charge in [0.15, 0.2) is 10.9 Å². The van der Waals surface area contributed by atoms with E-state index in [4.69, 9.17) is 16.3 Å². The van der Waals surface area contributed by atoms with Gasteiger partial charge in [-0.25, -0.2) is 0 Å². The lowest BCUT2D eigenvalue weighted by Crippen LogP contribution is -2.42. The Balaban J connectivity index is 1.23. The van der Waals surface area contributed by atoms with Crippen molar-refractivity contribution in [3.05, 3.63) is 189 Å². The maximum Gasteiger partial charge on any atom is 0.285 e. The summed E-state index contributed by atoms with van der Waals surface area (Å²) in [6.07, 6.45) is 8.11. The number of halogens is 2. The lowest BCUT2D eigenvalue weighted by molar-refractivity contribution is -0.126. The number of amidine groups is 1. The minimum Gasteiger partial charge on any atom is -0.486 e. The van der Waals surface area contributed by atoms with Gasteiger partial charge in [-0.3, -0.25) is 19.3 Å². The molecule has 0 saturated heterocycles. The molecule has 0 aromatic heterocycles. The number of allylic oxidation sites excluding steroid dienone is 4. The molecule has 0 fully saturated rings. The van der Waals surface area contributed by atoms with Crippen molar-refractivity contribution in [2.75, 3.05) is 5.75 Å². The van der Waals surface area contributed by atoms with Crippen LogP contribution >= 0.6 is 39.3 Å². The van der Waals surface area contributed by atoms with Gasteiger partial charge in [-0.2, -0.15) is 4.99 Å². The quantitative estimate of drug-likeness (QED) is 0.0770. The Bertz CT molecular complexity index is 2280. The number of hydrogen-bond acceptors (Lipinski definition) is 5. The Morgan fingerprint density at radius 1 is 0.944 bits per heavy atom. The third-order valence-electron chi connectivity index (χ3n) is 8.44. The molecular formula is C44H35BrClN3O4S. The second-order valence-electron chi connectivity index (χ2n) is 12.1. The smallest absolute Gasteiger partial charge is 0.285 e. The molecule has 6 rings (SSSR count). The molecule has 0 bridgehead atoms. The number of aliphatic imine (C=N–C) groups is 1. The molecule has 0 radical (unpaired) electrons. The van der Waals surface area contributed by atoms with E-state index in [0.717, 1.165) is 39.2 Å². The summed E-state index contributed by atoms with van der Waals surface area (Å²) in [4.78, 5) is 46.8. The third-order valence-corrected chi connectivity index (χ3v) is 10.2. The number of benzene rings is 5. The predicted octanol–water partition coefficient (Wildman–Crippen LogP) is 10.2. The van der Waals surface area contributed by atoms with Crippen molar-refractivity contribution >= 4 is 79.0 Å². The van der Waals surface area contributed by atoms with Crippen LogP contribution in [0.25, 0.3) is 16.8 Å². The van der Waals surface area contributed by atoms with E-state index in [9.17, 15) is 14.4 Å². The van der Waals surface area contributed by atoms with Crippen LogP contribution in [-0.2, 0) is 21.0 Å². The summed E-state index contributed by atoms with van der Waals surface area (Å²) < 4.78 is 6.65. The molecule has 5 aromatic carbocycles. The zero-order valence-electron chi connectivity index (χ0n) is 29.2. The third kappa shape index (κ3) is 9.17. The first-order valence-corrected chi connectivity index (χ1v) is 19.2. The molecule has 54 heavy (non-hydrogen) atoms. The fourth-order valence-corrected chi connectivity index (χ4v) is 7.64. The van der Waals surface area contributed by atoms with Crippen molar-refractivity contribution in [1.82, 2.24) is 10.2 Å². The molecule has 7 nitrogen and oxygen atoms in total. The van der Waals surface area contributed by atoms with E-state index in [1.165, 1.54) is 11.0 Å². The van der Waals surface area contributed by atoms with Crippen LogP contribution in [-0.4, -0.2) is 33.5 Å². The van der Waals surface area contributed by atoms with Crippen molar-refractivity contribution in [2.45, 2.75) is 19.6 Å². The number of carbonyl (C=O) groups is 3. The van der Waals surface area contributed by atoms with Crippen LogP contribution in [0.4, 0.5) is 0 Å². The zero-order valence-corrected chi connectivity index (χ0v) is 32.4. The Morgan fingerprint density at radius 3 is 2.26 bits per heavy atom. The molecule has 0 aliphatic carbocycles. The van der Waals surface area contributed by atoms with E-state index in [2.05, 4.69) is 45.0 Å². The first-order chi connectivity index (χ1) is 26.2. The van der Waals surface area contributed by atoms with E-state index < -0.39 is 17.9 Å². The van der Waals surface area contributed by atoms with Crippen LogP contribution < -0.4 is 10.1 Å². The van der Waals surface area contributed by atoms with Gasteiger partial charge in [0, 0.05) is 5.70 Å². The molecule has 3 amide bonds. The highest BCUT2D eigenvalue weighted by Gasteiger charge is 2.35. The summed E-state index contributed by atoms with van der Waals surface area (Å²) in [5, 5.41) is 5.72. The Hall–Kier alpha value is -5.48. The van der Waals surface area contributed by atoms with Gasteiger partial charge >= 0.3 is 0 Å². The van der Waals surface area contributed by atoms with Crippen molar-refractivity contribution < 1.29 is 19.1 Å². The molecule has 0 saturated carbocycles. The number of nitrogens with one attached hydrogen (secondary N) is 1. The second-order valence-corrected chi connectivity index (χ2v) is 14.3. The van der Waals surface area contributed by atoms with Gasteiger partial charge < -0.3 is 10.1 Å². The molecule has 5 aromatic rings. The van der Waals surface area contributed by atoms with Gasteiger partial charge in [0.1, 0.15) is 12.2 Å². The number of rotatable bonds is 12. The number of amides is 3. The predicted molar refractivity (Wildman–Crippen MR) is 223 cm³/mol. The van der Waals surface area contributed by atoms with Crippen LogP contribution in [0, 0.1) is 0 Å². The Morgan fingerprint density at radius 2 is 1.61 bits per heavy atom. The second kappa shape index (κ2) is 18.0. The number of ether oxygens (including phenoxy) is 1. The van der Waals surface area contributed by atoms with E-state index in [1.54, 1.807) is 43.4 Å². The van der Waals surface area contributed by atoms with Gasteiger partial charge in [-0.15, -0.1) is 0 Å². The maximum atomic E-state index is 14.2. The van der Waals surface area contributed by atoms with Crippen LogP contribution in [0.5, 0.6) is 5.75 Å². The summed E-state index contributed by atoms with van der Waals surface area (Å²) in [6.45, 7) is 5.79. The lowest BCUT2D eigenvalue weighted by Gasteiger charge is -2.28. The highest BCUT2D eigenvalue weighted by Crippen LogP contribution is 2.37. The molecular weight excluding hydrogens is 782 g/mol. The minimum atomic E-state index is -0.738. The molecule has 1 heterocycles. The van der Waals surface area contributed by atoms with Crippen molar-refractivity contribution in [2.24, 2.45) is 4.99 Å². The number of fused-ring (bicyclic) bond motifs is 1. The molecule has 10 heteroatoms. The lowest BCUT2D eigenvalue weighted by atomic mass is 9.99. The number of hydrogen-bond donors (Lipinski definition) is 1. The summed E-state index contributed by atoms with van der Waals surface area (Å²) in [6, 6.07) is 36.5. The van der Waals surface area contributed by atoms with Gasteiger partial charge in [-0.1, -0.05) is 145 Å². The standard InChI is InChI=1S/C44H35BrClN3O4S/c1-3-5-20-35(4-2)49-43(52)36(24-30-25-37(45)41(38(46)26-30)53-27-29-21-22-31-14-12-13-19-34(31)23-29)42(51)48-44(49)54-28-39(50)47-40(32-15-8-6-9-16-32)33-17-10-7-11-18-33/h3-26,40H,1,27-28H2,2H3,(H,47,50)/b20-5-,35-4+,36-24+. The van der Waals surface area contributed by atoms with Gasteiger partial charge in [0.25, 0.3) is 11.8 Å². The van der Waals surface area contributed by atoms with E-state index in [1.807, 2.05) is 91.0 Å². The topological polar surface area (TPSA) is 88.1 Å². The Kier molecular flexibility index (Phi) is 12.8. The monoisotopic (exact) mass is 815 g/mol. The van der Waals surface area contributed by atoms with Crippen molar-refractivity contribution in [1.29, 1.82) is 0 Å². The molecule has 0 spiro atoms. The SMILES string of the molecule is C=C/C=C\C(=C/C)N1C(=O)/C(=C/c2cc(Cl)c(OCc3ccc4ccccc4c3)c(Br)c2)C(=O)N=C1SCC(=O)NC(c1ccccc1)c1ccccc1. The van der Waals surface area contributed by atoms with E-state index in [-0.39, 0.29) is 29.0 Å². The normalized spacial score (nSPS) is 14.2. The highest BCUT2D eigenvalue weighted by atomic mass is 79.9. The average molecular weight is 817 g/mol.